The summed E-state index contributed by atoms with van der Waals surface area (Å²) in [5, 5.41) is 0. The van der Waals surface area contributed by atoms with E-state index in [2.05, 4.69) is 16.6 Å². The molecule has 1 amide bonds. The van der Waals surface area contributed by atoms with Gasteiger partial charge >= 0.3 is 5.97 Å². The number of carbonyl (C=O) groups excluding carboxylic acids is 2. The van der Waals surface area contributed by atoms with Gasteiger partial charge in [0.1, 0.15) is 0 Å². The minimum Gasteiger partial charge on any atom is -0.469 e. The van der Waals surface area contributed by atoms with E-state index in [-0.39, 0.29) is 23.7 Å². The standard InChI is InChI=1S/C11H15NO3/c1-4-5-10(13)12-6-8(2)9(7-12)11(14)15-3/h8-9H,6-7H2,1-3H3. The van der Waals surface area contributed by atoms with Crippen molar-refractivity contribution < 1.29 is 14.3 Å². The van der Waals surface area contributed by atoms with E-state index in [0.29, 0.717) is 13.1 Å². The quantitative estimate of drug-likeness (QED) is 0.460. The van der Waals surface area contributed by atoms with Crippen LogP contribution in [0.1, 0.15) is 13.8 Å². The average Bonchev–Trinajstić information content (AvgIpc) is 2.60. The largest absolute Gasteiger partial charge is 0.469 e. The van der Waals surface area contributed by atoms with Crippen molar-refractivity contribution in [2.45, 2.75) is 13.8 Å². The first-order valence-corrected chi connectivity index (χ1v) is 4.89. The van der Waals surface area contributed by atoms with Crippen LogP contribution in [0.5, 0.6) is 0 Å². The molecule has 0 aromatic heterocycles. The van der Waals surface area contributed by atoms with Crippen LogP contribution >= 0.6 is 0 Å². The minimum atomic E-state index is -0.248. The number of hydrogen-bond donors (Lipinski definition) is 0. The molecular weight excluding hydrogens is 194 g/mol. The Morgan fingerprint density at radius 1 is 1.40 bits per heavy atom. The Morgan fingerprint density at radius 3 is 2.60 bits per heavy atom. The zero-order chi connectivity index (χ0) is 11.4. The summed E-state index contributed by atoms with van der Waals surface area (Å²) in [4.78, 5) is 24.4. The molecular formula is C11H15NO3. The average molecular weight is 209 g/mol. The normalized spacial score (nSPS) is 24.3. The predicted molar refractivity (Wildman–Crippen MR) is 54.7 cm³/mol. The first-order chi connectivity index (χ1) is 7.10. The van der Waals surface area contributed by atoms with Gasteiger partial charge in [0.2, 0.25) is 0 Å². The number of methoxy groups -OCH3 is 1. The van der Waals surface area contributed by atoms with Crippen LogP contribution in [0, 0.1) is 23.7 Å². The van der Waals surface area contributed by atoms with Gasteiger partial charge in [-0.15, -0.1) is 0 Å². The summed E-state index contributed by atoms with van der Waals surface area (Å²) >= 11 is 0. The van der Waals surface area contributed by atoms with Gasteiger partial charge in [0.05, 0.1) is 13.0 Å². The van der Waals surface area contributed by atoms with Crippen molar-refractivity contribution in [1.82, 2.24) is 4.90 Å². The third-order valence-electron chi connectivity index (χ3n) is 2.64. The smallest absolute Gasteiger partial charge is 0.310 e. The summed E-state index contributed by atoms with van der Waals surface area (Å²) in [5.41, 5.74) is 0. The van der Waals surface area contributed by atoms with Gasteiger partial charge in [0.25, 0.3) is 5.91 Å². The fraction of sp³-hybridized carbons (Fsp3) is 0.636. The fourth-order valence-electron chi connectivity index (χ4n) is 1.78. The molecule has 1 heterocycles. The van der Waals surface area contributed by atoms with Gasteiger partial charge in [-0.2, -0.15) is 0 Å². The van der Waals surface area contributed by atoms with Gasteiger partial charge < -0.3 is 9.64 Å². The molecule has 0 aromatic carbocycles. The van der Waals surface area contributed by atoms with Crippen molar-refractivity contribution in [3.63, 3.8) is 0 Å². The number of likely N-dealkylation sites (tertiary alicyclic amines) is 1. The van der Waals surface area contributed by atoms with E-state index in [1.807, 2.05) is 6.92 Å². The van der Waals surface area contributed by atoms with Crippen LogP contribution in [0.25, 0.3) is 0 Å². The third-order valence-corrected chi connectivity index (χ3v) is 2.64. The Labute approximate surface area is 89.6 Å². The van der Waals surface area contributed by atoms with E-state index in [4.69, 9.17) is 0 Å². The predicted octanol–water partition coefficient (Wildman–Crippen LogP) is 0.277. The summed E-state index contributed by atoms with van der Waals surface area (Å²) < 4.78 is 4.68. The van der Waals surface area contributed by atoms with Crippen molar-refractivity contribution in [2.24, 2.45) is 11.8 Å². The molecule has 0 N–H and O–H groups in total. The number of nitrogens with zero attached hydrogens (tertiary/aromatic N) is 1. The molecule has 1 rings (SSSR count). The van der Waals surface area contributed by atoms with E-state index in [1.165, 1.54) is 7.11 Å². The molecule has 4 nitrogen and oxygen atoms in total. The minimum absolute atomic E-state index is 0.139. The number of amides is 1. The molecule has 1 saturated heterocycles. The van der Waals surface area contributed by atoms with E-state index < -0.39 is 0 Å². The van der Waals surface area contributed by atoms with Crippen molar-refractivity contribution in [3.05, 3.63) is 0 Å². The maximum atomic E-state index is 11.4. The van der Waals surface area contributed by atoms with Gasteiger partial charge in [0, 0.05) is 13.1 Å². The molecule has 1 aliphatic heterocycles. The van der Waals surface area contributed by atoms with E-state index >= 15 is 0 Å². The summed E-state index contributed by atoms with van der Waals surface area (Å²) in [7, 11) is 1.37. The van der Waals surface area contributed by atoms with Gasteiger partial charge in [-0.3, -0.25) is 9.59 Å². The molecule has 2 atom stereocenters. The Morgan fingerprint density at radius 2 is 2.07 bits per heavy atom. The zero-order valence-electron chi connectivity index (χ0n) is 9.24. The fourth-order valence-corrected chi connectivity index (χ4v) is 1.78. The van der Waals surface area contributed by atoms with E-state index in [1.54, 1.807) is 11.8 Å². The highest BCUT2D eigenvalue weighted by molar-refractivity contribution is 5.94. The molecule has 1 fully saturated rings. The molecule has 0 spiro atoms. The molecule has 0 saturated carbocycles. The number of ether oxygens (including phenoxy) is 1. The lowest BCUT2D eigenvalue weighted by Gasteiger charge is -2.11. The molecule has 0 aliphatic carbocycles. The van der Waals surface area contributed by atoms with Crippen LogP contribution < -0.4 is 0 Å². The van der Waals surface area contributed by atoms with Crippen LogP contribution in [-0.4, -0.2) is 37.0 Å². The molecule has 15 heavy (non-hydrogen) atoms. The lowest BCUT2D eigenvalue weighted by molar-refractivity contribution is -0.146. The Kier molecular flexibility index (Phi) is 3.73. The first-order valence-electron chi connectivity index (χ1n) is 4.89. The topological polar surface area (TPSA) is 46.6 Å². The van der Waals surface area contributed by atoms with Gasteiger partial charge in [-0.1, -0.05) is 12.8 Å². The van der Waals surface area contributed by atoms with E-state index in [9.17, 15) is 9.59 Å². The van der Waals surface area contributed by atoms with Crippen molar-refractivity contribution in [3.8, 4) is 11.8 Å². The third kappa shape index (κ3) is 2.50. The van der Waals surface area contributed by atoms with Crippen LogP contribution in [0.15, 0.2) is 0 Å². The summed E-state index contributed by atoms with van der Waals surface area (Å²) in [5.74, 6) is 4.50. The molecule has 0 aromatic rings. The van der Waals surface area contributed by atoms with Crippen molar-refractivity contribution in [1.29, 1.82) is 0 Å². The number of rotatable bonds is 1. The van der Waals surface area contributed by atoms with Gasteiger partial charge in [-0.25, -0.2) is 0 Å². The lowest BCUT2D eigenvalue weighted by Crippen LogP contribution is -2.29. The maximum Gasteiger partial charge on any atom is 0.310 e. The second-order valence-corrected chi connectivity index (χ2v) is 3.69. The maximum absolute atomic E-state index is 11.4. The lowest BCUT2D eigenvalue weighted by atomic mass is 9.99. The Hall–Kier alpha value is -1.50. The van der Waals surface area contributed by atoms with Gasteiger partial charge in [-0.05, 0) is 18.8 Å². The monoisotopic (exact) mass is 209 g/mol. The summed E-state index contributed by atoms with van der Waals surface area (Å²) in [6, 6.07) is 0. The highest BCUT2D eigenvalue weighted by Crippen LogP contribution is 2.23. The van der Waals surface area contributed by atoms with Crippen molar-refractivity contribution >= 4 is 11.9 Å². The summed E-state index contributed by atoms with van der Waals surface area (Å²) in [6.45, 7) is 4.55. The number of esters is 1. The van der Waals surface area contributed by atoms with Crippen molar-refractivity contribution in [2.75, 3.05) is 20.2 Å². The Balaban J connectivity index is 2.66. The highest BCUT2D eigenvalue weighted by atomic mass is 16.5. The second kappa shape index (κ2) is 4.83. The molecule has 4 heteroatoms. The molecule has 0 bridgehead atoms. The van der Waals surface area contributed by atoms with Gasteiger partial charge in [0.15, 0.2) is 0 Å². The number of carbonyl (C=O) groups is 2. The van der Waals surface area contributed by atoms with Crippen LogP contribution in [0.4, 0.5) is 0 Å². The molecule has 1 aliphatic rings. The summed E-state index contributed by atoms with van der Waals surface area (Å²) in [6.07, 6.45) is 0. The SMILES string of the molecule is CC#CC(=O)N1CC(C)C(C(=O)OC)C1. The molecule has 82 valence electrons. The second-order valence-electron chi connectivity index (χ2n) is 3.69. The molecule has 0 radical (unpaired) electrons. The highest BCUT2D eigenvalue weighted by Gasteiger charge is 2.37. The zero-order valence-corrected chi connectivity index (χ0v) is 9.24. The van der Waals surface area contributed by atoms with Crippen LogP contribution in [0.2, 0.25) is 0 Å². The Bertz CT molecular complexity index is 326. The van der Waals surface area contributed by atoms with E-state index in [0.717, 1.165) is 0 Å². The molecule has 2 unspecified atom stereocenters. The number of hydrogen-bond acceptors (Lipinski definition) is 3. The van der Waals surface area contributed by atoms with Crippen LogP contribution in [0.3, 0.4) is 0 Å². The van der Waals surface area contributed by atoms with Crippen LogP contribution in [-0.2, 0) is 14.3 Å². The first kappa shape index (κ1) is 11.6.